The summed E-state index contributed by atoms with van der Waals surface area (Å²) in [7, 11) is 0. The van der Waals surface area contributed by atoms with Crippen molar-refractivity contribution in [3.8, 4) is 29.0 Å². The maximum absolute atomic E-state index is 9.92. The Hall–Kier alpha value is -5.32. The van der Waals surface area contributed by atoms with Crippen molar-refractivity contribution in [2.45, 2.75) is 6.42 Å². The van der Waals surface area contributed by atoms with Crippen LogP contribution in [0.3, 0.4) is 0 Å². The van der Waals surface area contributed by atoms with E-state index in [4.69, 9.17) is 0 Å². The van der Waals surface area contributed by atoms with Crippen molar-refractivity contribution >= 4 is 43.6 Å². The molecule has 0 radical (unpaired) electrons. The number of hydrogen-bond donors (Lipinski definition) is 1. The van der Waals surface area contributed by atoms with Gasteiger partial charge in [-0.15, -0.1) is 0 Å². The molecular formula is C33H18N4. The summed E-state index contributed by atoms with van der Waals surface area (Å²) in [6, 6.07) is 35.5. The van der Waals surface area contributed by atoms with Crippen LogP contribution in [0.25, 0.3) is 60.4 Å². The van der Waals surface area contributed by atoms with E-state index in [0.717, 1.165) is 34.0 Å². The molecule has 0 amide bonds. The van der Waals surface area contributed by atoms with E-state index in [1.807, 2.05) is 12.1 Å². The summed E-state index contributed by atoms with van der Waals surface area (Å²) in [5, 5.41) is 24.4. The molecule has 4 heteroatoms. The molecule has 0 aliphatic heterocycles. The number of para-hydroxylation sites is 2. The Morgan fingerprint density at radius 2 is 1.41 bits per heavy atom. The maximum atomic E-state index is 9.92. The lowest BCUT2D eigenvalue weighted by molar-refractivity contribution is 1.16. The summed E-state index contributed by atoms with van der Waals surface area (Å²) >= 11 is 0. The highest BCUT2D eigenvalue weighted by Gasteiger charge is 2.27. The fraction of sp³-hybridized carbons (Fsp3) is 0.0303. The van der Waals surface area contributed by atoms with E-state index in [1.165, 1.54) is 43.9 Å². The number of hydrogen-bond acceptors (Lipinski definition) is 2. The molecule has 0 unspecified atom stereocenters. The van der Waals surface area contributed by atoms with E-state index in [2.05, 4.69) is 88.4 Å². The van der Waals surface area contributed by atoms with Crippen molar-refractivity contribution in [2.24, 2.45) is 0 Å². The topological polar surface area (TPSA) is 68.3 Å². The van der Waals surface area contributed by atoms with E-state index < -0.39 is 0 Å². The smallest absolute Gasteiger partial charge is 0.101 e. The molecule has 1 aliphatic carbocycles. The Bertz CT molecular complexity index is 2190. The molecule has 4 nitrogen and oxygen atoms in total. The molecule has 1 aliphatic rings. The third-order valence-corrected chi connectivity index (χ3v) is 7.86. The van der Waals surface area contributed by atoms with Gasteiger partial charge in [0.2, 0.25) is 0 Å². The van der Waals surface area contributed by atoms with Crippen molar-refractivity contribution in [1.82, 2.24) is 9.55 Å². The molecule has 8 rings (SSSR count). The van der Waals surface area contributed by atoms with Gasteiger partial charge >= 0.3 is 0 Å². The summed E-state index contributed by atoms with van der Waals surface area (Å²) in [6.45, 7) is 0. The van der Waals surface area contributed by atoms with Crippen LogP contribution in [0, 0.1) is 22.7 Å². The van der Waals surface area contributed by atoms with Gasteiger partial charge in [-0.25, -0.2) is 0 Å². The van der Waals surface area contributed by atoms with Gasteiger partial charge in [0, 0.05) is 39.0 Å². The number of aromatic amines is 1. The molecule has 37 heavy (non-hydrogen) atoms. The fourth-order valence-corrected chi connectivity index (χ4v) is 6.34. The lowest BCUT2D eigenvalue weighted by Gasteiger charge is -2.11. The molecule has 0 spiro atoms. The Morgan fingerprint density at radius 3 is 2.24 bits per heavy atom. The maximum Gasteiger partial charge on any atom is 0.101 e. The van der Waals surface area contributed by atoms with Gasteiger partial charge in [0.25, 0.3) is 0 Å². The second-order valence-corrected chi connectivity index (χ2v) is 9.66. The van der Waals surface area contributed by atoms with E-state index in [0.29, 0.717) is 11.1 Å². The number of nitrogens with zero attached hydrogens (tertiary/aromatic N) is 3. The van der Waals surface area contributed by atoms with Crippen molar-refractivity contribution in [3.63, 3.8) is 0 Å². The first kappa shape index (κ1) is 19.9. The van der Waals surface area contributed by atoms with Crippen LogP contribution in [-0.2, 0) is 6.42 Å². The zero-order valence-electron chi connectivity index (χ0n) is 19.7. The Balaban J connectivity index is 1.47. The Kier molecular flexibility index (Phi) is 3.83. The van der Waals surface area contributed by atoms with Crippen LogP contribution in [0.4, 0.5) is 0 Å². The highest BCUT2D eigenvalue weighted by molar-refractivity contribution is 6.16. The predicted molar refractivity (Wildman–Crippen MR) is 148 cm³/mol. The average molecular weight is 471 g/mol. The van der Waals surface area contributed by atoms with Crippen LogP contribution in [0.5, 0.6) is 0 Å². The third kappa shape index (κ3) is 2.54. The van der Waals surface area contributed by atoms with Gasteiger partial charge in [-0.1, -0.05) is 48.5 Å². The lowest BCUT2D eigenvalue weighted by atomic mass is 10.0. The average Bonchev–Trinajstić information content (AvgIpc) is 3.61. The third-order valence-electron chi connectivity index (χ3n) is 7.86. The summed E-state index contributed by atoms with van der Waals surface area (Å²) in [5.41, 5.74) is 11.5. The first-order valence-corrected chi connectivity index (χ1v) is 12.3. The van der Waals surface area contributed by atoms with E-state index in [-0.39, 0.29) is 0 Å². The molecule has 5 aromatic carbocycles. The molecule has 1 N–H and O–H groups in total. The van der Waals surface area contributed by atoms with Crippen molar-refractivity contribution in [3.05, 3.63) is 113 Å². The number of aromatic nitrogens is 2. The number of nitriles is 2. The molecule has 0 atom stereocenters. The zero-order chi connectivity index (χ0) is 24.7. The number of H-pyrrole nitrogens is 1. The summed E-state index contributed by atoms with van der Waals surface area (Å²) in [5.74, 6) is 0. The van der Waals surface area contributed by atoms with Crippen LogP contribution >= 0.6 is 0 Å². The molecule has 0 saturated heterocycles. The van der Waals surface area contributed by atoms with Crippen LogP contribution in [0.15, 0.2) is 91.0 Å². The standard InChI is InChI=1S/C33H18N4/c34-17-19-9-10-20(18-35)31(15-19)37-29-8-4-2-6-24(29)33-26-16-25-21(22(26)12-14-30(33)37)11-13-28-32(25)23-5-1-3-7-27(23)36-28/h1-15,36H,16H2. The molecule has 2 heterocycles. The molecule has 7 aromatic rings. The van der Waals surface area contributed by atoms with Crippen LogP contribution in [0.1, 0.15) is 22.3 Å². The quantitative estimate of drug-likeness (QED) is 0.267. The number of fused-ring (bicyclic) bond motifs is 11. The SMILES string of the molecule is N#Cc1ccc(C#N)c(-n2c3ccccc3c3c4c(ccc32)-c2ccc3[nH]c5ccccc5c3c2C4)c1. The van der Waals surface area contributed by atoms with Crippen molar-refractivity contribution in [2.75, 3.05) is 0 Å². The molecule has 2 aromatic heterocycles. The molecule has 0 fully saturated rings. The minimum absolute atomic E-state index is 0.537. The minimum Gasteiger partial charge on any atom is -0.355 e. The van der Waals surface area contributed by atoms with Crippen molar-refractivity contribution in [1.29, 1.82) is 10.5 Å². The number of rotatable bonds is 1. The van der Waals surface area contributed by atoms with E-state index in [1.54, 1.807) is 12.1 Å². The second-order valence-electron chi connectivity index (χ2n) is 9.66. The van der Waals surface area contributed by atoms with Crippen molar-refractivity contribution < 1.29 is 0 Å². The molecule has 0 saturated carbocycles. The van der Waals surface area contributed by atoms with Crippen LogP contribution in [-0.4, -0.2) is 9.55 Å². The van der Waals surface area contributed by atoms with Gasteiger partial charge in [-0.2, -0.15) is 10.5 Å². The Labute approximate surface area is 212 Å². The zero-order valence-corrected chi connectivity index (χ0v) is 19.7. The van der Waals surface area contributed by atoms with Crippen LogP contribution in [0.2, 0.25) is 0 Å². The van der Waals surface area contributed by atoms with Gasteiger partial charge in [0.1, 0.15) is 6.07 Å². The largest absolute Gasteiger partial charge is 0.355 e. The van der Waals surface area contributed by atoms with Gasteiger partial charge in [0.05, 0.1) is 33.9 Å². The first-order valence-electron chi connectivity index (χ1n) is 12.3. The normalized spacial score (nSPS) is 12.2. The van der Waals surface area contributed by atoms with Gasteiger partial charge < -0.3 is 9.55 Å². The molecular weight excluding hydrogens is 452 g/mol. The van der Waals surface area contributed by atoms with E-state index >= 15 is 0 Å². The number of benzene rings is 5. The minimum atomic E-state index is 0.537. The fourth-order valence-electron chi connectivity index (χ4n) is 6.34. The van der Waals surface area contributed by atoms with Gasteiger partial charge in [-0.05, 0) is 64.7 Å². The first-order chi connectivity index (χ1) is 18.3. The van der Waals surface area contributed by atoms with E-state index in [9.17, 15) is 10.5 Å². The molecule has 0 bridgehead atoms. The Morgan fingerprint density at radius 1 is 0.649 bits per heavy atom. The predicted octanol–water partition coefficient (Wildman–Crippen LogP) is 7.73. The second kappa shape index (κ2) is 7.10. The molecule has 170 valence electrons. The lowest BCUT2D eigenvalue weighted by Crippen LogP contribution is -1.98. The summed E-state index contributed by atoms with van der Waals surface area (Å²) in [4.78, 5) is 3.59. The van der Waals surface area contributed by atoms with Crippen LogP contribution < -0.4 is 0 Å². The monoisotopic (exact) mass is 470 g/mol. The summed E-state index contributed by atoms with van der Waals surface area (Å²) in [6.07, 6.45) is 0.846. The summed E-state index contributed by atoms with van der Waals surface area (Å²) < 4.78 is 2.15. The highest BCUT2D eigenvalue weighted by atomic mass is 15.0. The van der Waals surface area contributed by atoms with Gasteiger partial charge in [0.15, 0.2) is 0 Å². The van der Waals surface area contributed by atoms with Gasteiger partial charge in [-0.3, -0.25) is 0 Å². The number of nitrogens with one attached hydrogen (secondary N) is 1. The highest BCUT2D eigenvalue weighted by Crippen LogP contribution is 2.47.